The molecule has 5 nitrogen and oxygen atoms in total. The normalized spacial score (nSPS) is 12.2. The molecule has 2 heterocycles. The van der Waals surface area contributed by atoms with Gasteiger partial charge in [-0.25, -0.2) is 4.98 Å². The summed E-state index contributed by atoms with van der Waals surface area (Å²) in [5, 5.41) is 3.77. The number of nitrogens with zero attached hydrogens (tertiary/aromatic N) is 4. The average Bonchev–Trinajstić information content (AvgIpc) is 2.60. The highest BCUT2D eigenvalue weighted by molar-refractivity contribution is 7.80. The lowest BCUT2D eigenvalue weighted by Gasteiger charge is -2.05. The number of methoxy groups -OCH3 is 1. The van der Waals surface area contributed by atoms with Gasteiger partial charge >= 0.3 is 6.18 Å². The molecule has 0 aliphatic carbocycles. The van der Waals surface area contributed by atoms with Gasteiger partial charge < -0.3 is 4.74 Å². The molecule has 0 amide bonds. The van der Waals surface area contributed by atoms with Crippen molar-refractivity contribution < 1.29 is 17.9 Å². The van der Waals surface area contributed by atoms with E-state index in [-0.39, 0.29) is 23.2 Å². The lowest BCUT2D eigenvalue weighted by Crippen LogP contribution is -2.10. The Bertz CT molecular complexity index is 553. The van der Waals surface area contributed by atoms with Gasteiger partial charge in [0.1, 0.15) is 11.6 Å². The van der Waals surface area contributed by atoms with Crippen molar-refractivity contribution in [3.8, 4) is 0 Å². The second-order valence-corrected chi connectivity index (χ2v) is 3.57. The van der Waals surface area contributed by atoms with E-state index in [1.54, 1.807) is 0 Å². The summed E-state index contributed by atoms with van der Waals surface area (Å²) < 4.78 is 43.2. The molecule has 2 aromatic rings. The maximum Gasteiger partial charge on any atom is 0.433 e. The molecule has 1 radical (unpaired) electrons. The summed E-state index contributed by atoms with van der Waals surface area (Å²) >= 11 is 4.79. The molecule has 0 fully saturated rings. The first-order valence-corrected chi connectivity index (χ1v) is 4.82. The third-order valence-electron chi connectivity index (χ3n) is 1.89. The lowest BCUT2D eigenvalue weighted by atomic mass is 10.4. The Balaban J connectivity index is 2.57. The molecule has 0 aliphatic rings. The van der Waals surface area contributed by atoms with Gasteiger partial charge in [0.2, 0.25) is 0 Å². The van der Waals surface area contributed by atoms with Gasteiger partial charge in [-0.1, -0.05) is 12.6 Å². The Hall–Kier alpha value is -1.48. The summed E-state index contributed by atoms with van der Waals surface area (Å²) in [4.78, 5) is 7.14. The Morgan fingerprint density at radius 2 is 2.12 bits per heavy atom. The van der Waals surface area contributed by atoms with E-state index in [0.717, 1.165) is 10.6 Å². The van der Waals surface area contributed by atoms with E-state index in [4.69, 9.17) is 17.4 Å². The van der Waals surface area contributed by atoms with Crippen molar-refractivity contribution in [1.29, 1.82) is 0 Å². The van der Waals surface area contributed by atoms with E-state index in [1.807, 2.05) is 0 Å². The predicted molar refractivity (Wildman–Crippen MR) is 52.4 cm³/mol. The van der Waals surface area contributed by atoms with Gasteiger partial charge in [0.25, 0.3) is 5.78 Å². The van der Waals surface area contributed by atoms with Crippen molar-refractivity contribution in [3.05, 3.63) is 17.6 Å². The second-order valence-electron chi connectivity index (χ2n) is 3.15. The number of rotatable bonds is 2. The fraction of sp³-hybridized carbons (Fsp3) is 0.375. The van der Waals surface area contributed by atoms with Crippen molar-refractivity contribution in [2.24, 2.45) is 0 Å². The number of fused-ring (bicyclic) bond motifs is 1. The second kappa shape index (κ2) is 4.08. The van der Waals surface area contributed by atoms with Crippen LogP contribution in [0, 0.1) is 0 Å². The maximum atomic E-state index is 12.5. The van der Waals surface area contributed by atoms with Crippen LogP contribution in [0.25, 0.3) is 5.78 Å². The van der Waals surface area contributed by atoms with Gasteiger partial charge in [0.15, 0.2) is 11.5 Å². The lowest BCUT2D eigenvalue weighted by molar-refractivity contribution is -0.141. The zero-order valence-corrected chi connectivity index (χ0v) is 9.34. The molecule has 2 rings (SSSR count). The van der Waals surface area contributed by atoms with Gasteiger partial charge in [0.05, 0.1) is 0 Å². The first kappa shape index (κ1) is 12.0. The van der Waals surface area contributed by atoms with Crippen LogP contribution in [0.1, 0.15) is 11.5 Å². The summed E-state index contributed by atoms with van der Waals surface area (Å²) in [6.45, 7) is 0.0828. The highest BCUT2D eigenvalue weighted by Crippen LogP contribution is 2.29. The zero-order chi connectivity index (χ0) is 12.6. The smallest absolute Gasteiger partial charge is 0.377 e. The summed E-state index contributed by atoms with van der Waals surface area (Å²) in [5.74, 6) is 0.0438. The first-order chi connectivity index (χ1) is 7.91. The molecule has 0 saturated carbocycles. The van der Waals surface area contributed by atoms with Crippen LogP contribution in [0.2, 0.25) is 0 Å². The number of hydrogen-bond donors (Lipinski definition) is 0. The molecule has 0 unspecified atom stereocenters. The van der Waals surface area contributed by atoms with Crippen LogP contribution in [-0.2, 0) is 17.5 Å². The van der Waals surface area contributed by atoms with Crippen molar-refractivity contribution in [1.82, 2.24) is 19.6 Å². The minimum absolute atomic E-state index is 0.0828. The zero-order valence-electron chi connectivity index (χ0n) is 8.52. The van der Waals surface area contributed by atoms with E-state index in [9.17, 15) is 13.2 Å². The third-order valence-corrected chi connectivity index (χ3v) is 2.18. The molecular weight excluding hydrogens is 257 g/mol. The molecule has 0 bridgehead atoms. The quantitative estimate of drug-likeness (QED) is 0.776. The van der Waals surface area contributed by atoms with Gasteiger partial charge in [0, 0.05) is 13.2 Å². The van der Waals surface area contributed by atoms with Crippen molar-refractivity contribution in [2.75, 3.05) is 7.11 Å². The van der Waals surface area contributed by atoms with Crippen LogP contribution in [0.4, 0.5) is 13.2 Å². The highest BCUT2D eigenvalue weighted by atomic mass is 32.1. The van der Waals surface area contributed by atoms with Gasteiger partial charge in [-0.2, -0.15) is 22.7 Å². The average molecular weight is 263 g/mol. The summed E-state index contributed by atoms with van der Waals surface area (Å²) in [5.41, 5.74) is -1.08. The van der Waals surface area contributed by atoms with Crippen LogP contribution in [0.15, 0.2) is 11.1 Å². The number of aromatic nitrogens is 4. The monoisotopic (exact) mass is 263 g/mol. The van der Waals surface area contributed by atoms with E-state index in [2.05, 4.69) is 15.1 Å². The number of alkyl halides is 3. The molecular formula is C8H6F3N4OS. The molecule has 17 heavy (non-hydrogen) atoms. The van der Waals surface area contributed by atoms with E-state index in [0.29, 0.717) is 0 Å². The van der Waals surface area contributed by atoms with E-state index < -0.39 is 11.9 Å². The minimum Gasteiger partial charge on any atom is -0.377 e. The molecule has 0 atom stereocenters. The third kappa shape index (κ3) is 2.29. The van der Waals surface area contributed by atoms with Crippen molar-refractivity contribution in [2.45, 2.75) is 17.8 Å². The Labute approximate surface area is 99.0 Å². The van der Waals surface area contributed by atoms with E-state index >= 15 is 0 Å². The SMILES string of the molecule is COCc1nc2nc(C(F)(F)F)cc([S])n2n1. The van der Waals surface area contributed by atoms with Crippen molar-refractivity contribution >= 4 is 18.4 Å². The van der Waals surface area contributed by atoms with Crippen LogP contribution < -0.4 is 0 Å². The molecule has 0 spiro atoms. The van der Waals surface area contributed by atoms with Crippen LogP contribution >= 0.6 is 12.6 Å². The predicted octanol–water partition coefficient (Wildman–Crippen LogP) is 1.85. The minimum atomic E-state index is -4.55. The standard InChI is InChI=1S/C8H6F3N4OS/c1-16-3-5-13-7-12-4(8(9,10)11)2-6(17)15(7)14-5/h2H,3H2,1H3. The fourth-order valence-corrected chi connectivity index (χ4v) is 1.45. The number of halogens is 3. The summed E-state index contributed by atoms with van der Waals surface area (Å²) in [6.07, 6.45) is -4.55. The molecule has 91 valence electrons. The molecule has 2 aromatic heterocycles. The molecule has 0 N–H and O–H groups in total. The van der Waals surface area contributed by atoms with Gasteiger partial charge in [-0.3, -0.25) is 0 Å². The highest BCUT2D eigenvalue weighted by Gasteiger charge is 2.34. The molecule has 9 heteroatoms. The van der Waals surface area contributed by atoms with Gasteiger partial charge in [-0.05, 0) is 0 Å². The van der Waals surface area contributed by atoms with Crippen LogP contribution in [0.3, 0.4) is 0 Å². The summed E-state index contributed by atoms with van der Waals surface area (Å²) in [7, 11) is 1.43. The van der Waals surface area contributed by atoms with Crippen molar-refractivity contribution in [3.63, 3.8) is 0 Å². The van der Waals surface area contributed by atoms with Crippen LogP contribution in [-0.4, -0.2) is 26.7 Å². The Morgan fingerprint density at radius 3 is 2.71 bits per heavy atom. The topological polar surface area (TPSA) is 52.3 Å². The Morgan fingerprint density at radius 1 is 1.41 bits per heavy atom. The maximum absolute atomic E-state index is 12.5. The molecule has 0 saturated heterocycles. The van der Waals surface area contributed by atoms with E-state index in [1.165, 1.54) is 7.11 Å². The summed E-state index contributed by atoms with van der Waals surface area (Å²) in [6, 6.07) is 0.744. The number of ether oxygens (including phenoxy) is 1. The molecule has 0 aliphatic heterocycles. The first-order valence-electron chi connectivity index (χ1n) is 4.41. The Kier molecular flexibility index (Phi) is 2.87. The fourth-order valence-electron chi connectivity index (χ4n) is 1.22. The van der Waals surface area contributed by atoms with Gasteiger partial charge in [-0.15, -0.1) is 5.10 Å². The van der Waals surface area contributed by atoms with Crippen LogP contribution in [0.5, 0.6) is 0 Å². The largest absolute Gasteiger partial charge is 0.433 e. The number of hydrogen-bond acceptors (Lipinski definition) is 4. The molecule has 0 aromatic carbocycles.